The molecule has 0 aromatic carbocycles. The number of carbonyl (C=O) groups excluding carboxylic acids is 1. The lowest BCUT2D eigenvalue weighted by molar-refractivity contribution is -0.142. The van der Waals surface area contributed by atoms with Crippen LogP contribution in [-0.2, 0) is 11.3 Å². The lowest BCUT2D eigenvalue weighted by Crippen LogP contribution is -2.44. The Morgan fingerprint density at radius 2 is 2.29 bits per heavy atom. The summed E-state index contributed by atoms with van der Waals surface area (Å²) >= 11 is 0. The van der Waals surface area contributed by atoms with Crippen molar-refractivity contribution in [3.8, 4) is 0 Å². The minimum atomic E-state index is -0.787. The quantitative estimate of drug-likeness (QED) is 0.884. The van der Waals surface area contributed by atoms with Gasteiger partial charge in [-0.05, 0) is 43.4 Å². The van der Waals surface area contributed by atoms with Gasteiger partial charge < -0.3 is 15.3 Å². The molecule has 0 aliphatic carbocycles. The Bertz CT molecular complexity index is 575. The lowest BCUT2D eigenvalue weighted by atomic mass is 9.89. The van der Waals surface area contributed by atoms with Crippen molar-refractivity contribution in [1.29, 1.82) is 0 Å². The fraction of sp³-hybridized carbons (Fsp3) is 0.533. The van der Waals surface area contributed by atoms with E-state index >= 15 is 0 Å². The van der Waals surface area contributed by atoms with Crippen molar-refractivity contribution in [3.05, 3.63) is 29.6 Å². The van der Waals surface area contributed by atoms with E-state index in [4.69, 9.17) is 0 Å². The molecule has 1 aromatic heterocycles. The van der Waals surface area contributed by atoms with E-state index in [1.165, 1.54) is 0 Å². The fourth-order valence-electron chi connectivity index (χ4n) is 3.53. The third-order valence-corrected chi connectivity index (χ3v) is 4.66. The van der Waals surface area contributed by atoms with E-state index in [-0.39, 0.29) is 18.1 Å². The monoisotopic (exact) mass is 289 g/mol. The van der Waals surface area contributed by atoms with Gasteiger partial charge in [0.1, 0.15) is 0 Å². The summed E-state index contributed by atoms with van der Waals surface area (Å²) < 4.78 is 0. The first kappa shape index (κ1) is 13.9. The standard InChI is InChI=1S/C15H19N3O3/c1-9-7-16-5-4-10(9)8-17-15(21)18-11-2-3-13(18)12(6-11)14(19)20/h4-5,7,11-13H,2-3,6,8H2,1H3,(H,17,21)(H,19,20). The van der Waals surface area contributed by atoms with E-state index in [1.807, 2.05) is 13.0 Å². The zero-order valence-electron chi connectivity index (χ0n) is 12.0. The average molecular weight is 289 g/mol. The molecule has 1 aromatic rings. The van der Waals surface area contributed by atoms with Gasteiger partial charge in [-0.1, -0.05) is 0 Å². The minimum Gasteiger partial charge on any atom is -0.481 e. The molecule has 2 fully saturated rings. The van der Waals surface area contributed by atoms with Crippen molar-refractivity contribution in [2.24, 2.45) is 5.92 Å². The maximum atomic E-state index is 12.4. The van der Waals surface area contributed by atoms with Crippen LogP contribution < -0.4 is 5.32 Å². The molecule has 2 saturated heterocycles. The normalized spacial score (nSPS) is 26.9. The Hall–Kier alpha value is -2.11. The molecule has 0 saturated carbocycles. The molecule has 6 heteroatoms. The second-order valence-electron chi connectivity index (χ2n) is 5.85. The molecule has 2 N–H and O–H groups in total. The molecule has 2 bridgehead atoms. The van der Waals surface area contributed by atoms with E-state index in [0.717, 1.165) is 24.0 Å². The summed E-state index contributed by atoms with van der Waals surface area (Å²) in [5.74, 6) is -1.19. The van der Waals surface area contributed by atoms with Crippen LogP contribution in [0.25, 0.3) is 0 Å². The van der Waals surface area contributed by atoms with Gasteiger partial charge in [0.05, 0.1) is 5.92 Å². The predicted molar refractivity (Wildman–Crippen MR) is 75.6 cm³/mol. The number of pyridine rings is 1. The largest absolute Gasteiger partial charge is 0.481 e. The Morgan fingerprint density at radius 1 is 1.48 bits per heavy atom. The zero-order valence-corrected chi connectivity index (χ0v) is 12.0. The molecule has 3 heterocycles. The molecule has 3 rings (SSSR count). The molecule has 2 amide bonds. The first-order valence-corrected chi connectivity index (χ1v) is 7.26. The number of carbonyl (C=O) groups is 2. The average Bonchev–Trinajstić information content (AvgIpc) is 3.04. The van der Waals surface area contributed by atoms with Crippen LogP contribution in [0.5, 0.6) is 0 Å². The highest BCUT2D eigenvalue weighted by Gasteiger charge is 2.51. The van der Waals surface area contributed by atoms with E-state index in [9.17, 15) is 14.7 Å². The van der Waals surface area contributed by atoms with Gasteiger partial charge in [-0.15, -0.1) is 0 Å². The smallest absolute Gasteiger partial charge is 0.318 e. The molecule has 112 valence electrons. The van der Waals surface area contributed by atoms with Crippen molar-refractivity contribution in [1.82, 2.24) is 15.2 Å². The van der Waals surface area contributed by atoms with Crippen molar-refractivity contribution < 1.29 is 14.7 Å². The highest BCUT2D eigenvalue weighted by Crippen LogP contribution is 2.41. The number of aromatic nitrogens is 1. The first-order valence-electron chi connectivity index (χ1n) is 7.26. The molecule has 3 atom stereocenters. The second-order valence-corrected chi connectivity index (χ2v) is 5.85. The Balaban J connectivity index is 1.64. The van der Waals surface area contributed by atoms with Crippen LogP contribution in [0, 0.1) is 12.8 Å². The number of carboxylic acids is 1. The molecule has 2 aliphatic rings. The Kier molecular flexibility index (Phi) is 3.53. The van der Waals surface area contributed by atoms with Gasteiger partial charge in [0, 0.05) is 31.0 Å². The molecular weight excluding hydrogens is 270 g/mol. The predicted octanol–water partition coefficient (Wildman–Crippen LogP) is 1.54. The maximum absolute atomic E-state index is 12.4. The number of hydrogen-bond acceptors (Lipinski definition) is 3. The van der Waals surface area contributed by atoms with Crippen LogP contribution in [0.2, 0.25) is 0 Å². The van der Waals surface area contributed by atoms with Gasteiger partial charge in [-0.2, -0.15) is 0 Å². The highest BCUT2D eigenvalue weighted by atomic mass is 16.4. The number of aryl methyl sites for hydroxylation is 1. The van der Waals surface area contributed by atoms with Gasteiger partial charge in [0.2, 0.25) is 0 Å². The second kappa shape index (κ2) is 5.35. The lowest BCUT2D eigenvalue weighted by Gasteiger charge is -2.23. The third kappa shape index (κ3) is 2.46. The molecule has 21 heavy (non-hydrogen) atoms. The summed E-state index contributed by atoms with van der Waals surface area (Å²) in [6.45, 7) is 2.40. The summed E-state index contributed by atoms with van der Waals surface area (Å²) in [4.78, 5) is 29.4. The number of amides is 2. The van der Waals surface area contributed by atoms with Crippen LogP contribution in [-0.4, -0.2) is 39.1 Å². The Morgan fingerprint density at radius 3 is 2.95 bits per heavy atom. The third-order valence-electron chi connectivity index (χ3n) is 4.66. The fourth-order valence-corrected chi connectivity index (χ4v) is 3.53. The molecule has 6 nitrogen and oxygen atoms in total. The highest BCUT2D eigenvalue weighted by molar-refractivity contribution is 5.79. The number of nitrogens with one attached hydrogen (secondary N) is 1. The maximum Gasteiger partial charge on any atom is 0.318 e. The minimum absolute atomic E-state index is 0.0784. The van der Waals surface area contributed by atoms with Crippen LogP contribution in [0.3, 0.4) is 0 Å². The molecule has 0 radical (unpaired) electrons. The topological polar surface area (TPSA) is 82.5 Å². The van der Waals surface area contributed by atoms with E-state index in [1.54, 1.807) is 17.3 Å². The van der Waals surface area contributed by atoms with Crippen LogP contribution in [0.15, 0.2) is 18.5 Å². The SMILES string of the molecule is Cc1cnccc1CNC(=O)N1C2CCC1C(C(=O)O)C2. The van der Waals surface area contributed by atoms with Gasteiger partial charge >= 0.3 is 12.0 Å². The summed E-state index contributed by atoms with van der Waals surface area (Å²) in [5, 5.41) is 12.1. The summed E-state index contributed by atoms with van der Waals surface area (Å²) in [6.07, 6.45) is 5.76. The molecular formula is C15H19N3O3. The van der Waals surface area contributed by atoms with Crippen molar-refractivity contribution >= 4 is 12.0 Å². The number of fused-ring (bicyclic) bond motifs is 2. The molecule has 3 unspecified atom stereocenters. The number of urea groups is 1. The van der Waals surface area contributed by atoms with E-state index in [0.29, 0.717) is 13.0 Å². The van der Waals surface area contributed by atoms with Gasteiger partial charge in [0.15, 0.2) is 0 Å². The van der Waals surface area contributed by atoms with Crippen LogP contribution in [0.1, 0.15) is 30.4 Å². The number of carboxylic acid groups (broad SMARTS) is 1. The van der Waals surface area contributed by atoms with Crippen molar-refractivity contribution in [3.63, 3.8) is 0 Å². The summed E-state index contributed by atoms with van der Waals surface area (Å²) in [6, 6.07) is 1.66. The number of aliphatic carboxylic acids is 1. The Labute approximate surface area is 123 Å². The van der Waals surface area contributed by atoms with E-state index in [2.05, 4.69) is 10.3 Å². The first-order chi connectivity index (χ1) is 10.1. The van der Waals surface area contributed by atoms with E-state index < -0.39 is 11.9 Å². The van der Waals surface area contributed by atoms with Crippen molar-refractivity contribution in [2.75, 3.05) is 0 Å². The summed E-state index contributed by atoms with van der Waals surface area (Å²) in [5.41, 5.74) is 2.06. The van der Waals surface area contributed by atoms with Crippen LogP contribution in [0.4, 0.5) is 4.79 Å². The van der Waals surface area contributed by atoms with Gasteiger partial charge in [-0.25, -0.2) is 4.79 Å². The van der Waals surface area contributed by atoms with Crippen LogP contribution >= 0.6 is 0 Å². The number of hydrogen-bond donors (Lipinski definition) is 2. The van der Waals surface area contributed by atoms with Crippen molar-refractivity contribution in [2.45, 2.75) is 44.8 Å². The summed E-state index contributed by atoms with van der Waals surface area (Å²) in [7, 11) is 0. The zero-order chi connectivity index (χ0) is 15.0. The van der Waals surface area contributed by atoms with Gasteiger partial charge in [-0.3, -0.25) is 9.78 Å². The molecule has 2 aliphatic heterocycles. The molecule has 0 spiro atoms. The number of rotatable bonds is 3. The van der Waals surface area contributed by atoms with Gasteiger partial charge in [0.25, 0.3) is 0 Å². The number of nitrogens with zero attached hydrogens (tertiary/aromatic N) is 2.